The lowest BCUT2D eigenvalue weighted by atomic mass is 9.71. The van der Waals surface area contributed by atoms with Crippen molar-refractivity contribution in [2.45, 2.75) is 123 Å². The van der Waals surface area contributed by atoms with E-state index in [-0.39, 0.29) is 10.8 Å². The molecule has 3 atom stereocenters. The van der Waals surface area contributed by atoms with Crippen molar-refractivity contribution in [2.75, 3.05) is 9.80 Å². The third kappa shape index (κ3) is 9.00. The summed E-state index contributed by atoms with van der Waals surface area (Å²) in [5, 5.41) is 0. The second kappa shape index (κ2) is 18.7. The van der Waals surface area contributed by atoms with Gasteiger partial charge in [-0.2, -0.15) is 0 Å². The summed E-state index contributed by atoms with van der Waals surface area (Å²) < 4.78 is 0. The maximum Gasteiger partial charge on any atom is 0.0664 e. The van der Waals surface area contributed by atoms with Gasteiger partial charge in [0.2, 0.25) is 0 Å². The third-order valence-corrected chi connectivity index (χ3v) is 13.7. The van der Waals surface area contributed by atoms with Gasteiger partial charge in [0, 0.05) is 34.1 Å². The molecular formula is C55H65BN2. The van der Waals surface area contributed by atoms with Crippen LogP contribution in [0.1, 0.15) is 129 Å². The lowest BCUT2D eigenvalue weighted by Crippen LogP contribution is -2.20. The average Bonchev–Trinajstić information content (AvgIpc) is 3.29. The molecule has 0 amide bonds. The molecule has 6 aromatic rings. The van der Waals surface area contributed by atoms with Gasteiger partial charge in [0.05, 0.1) is 7.85 Å². The van der Waals surface area contributed by atoms with Crippen LogP contribution in [0.4, 0.5) is 34.1 Å². The Morgan fingerprint density at radius 3 is 0.914 bits per heavy atom. The molecule has 3 unspecified atom stereocenters. The lowest BCUT2D eigenvalue weighted by Gasteiger charge is -2.30. The van der Waals surface area contributed by atoms with Crippen molar-refractivity contribution < 1.29 is 0 Å². The van der Waals surface area contributed by atoms with Gasteiger partial charge in [-0.15, -0.1) is 0 Å². The molecule has 0 spiro atoms. The van der Waals surface area contributed by atoms with Gasteiger partial charge in [0.25, 0.3) is 0 Å². The van der Waals surface area contributed by atoms with Crippen molar-refractivity contribution >= 4 is 42.0 Å². The minimum Gasteiger partial charge on any atom is -0.311 e. The van der Waals surface area contributed by atoms with Crippen LogP contribution in [0, 0.1) is 0 Å². The van der Waals surface area contributed by atoms with Crippen molar-refractivity contribution in [2.24, 2.45) is 0 Å². The zero-order chi connectivity index (χ0) is 41.5. The van der Waals surface area contributed by atoms with Crippen LogP contribution in [-0.2, 0) is 10.8 Å². The fraction of sp³-hybridized carbons (Fsp3) is 0.345. The van der Waals surface area contributed by atoms with E-state index in [0.717, 1.165) is 54.9 Å². The first-order valence-electron chi connectivity index (χ1n) is 21.9. The first-order chi connectivity index (χ1) is 28.0. The molecule has 298 valence electrons. The van der Waals surface area contributed by atoms with Crippen molar-refractivity contribution in [3.05, 3.63) is 168 Å². The summed E-state index contributed by atoms with van der Waals surface area (Å²) in [4.78, 5) is 4.75. The van der Waals surface area contributed by atoms with Gasteiger partial charge in [-0.3, -0.25) is 0 Å². The van der Waals surface area contributed by atoms with Crippen molar-refractivity contribution in [1.29, 1.82) is 0 Å². The van der Waals surface area contributed by atoms with E-state index in [2.05, 4.69) is 218 Å². The zero-order valence-corrected chi connectivity index (χ0v) is 36.7. The van der Waals surface area contributed by atoms with E-state index in [1.807, 2.05) is 0 Å². The molecular weight excluding hydrogens is 699 g/mol. The van der Waals surface area contributed by atoms with Crippen LogP contribution in [-0.4, -0.2) is 7.85 Å². The fourth-order valence-corrected chi connectivity index (χ4v) is 8.03. The Morgan fingerprint density at radius 1 is 0.397 bits per heavy atom. The fourth-order valence-electron chi connectivity index (χ4n) is 8.03. The Balaban J connectivity index is 1.33. The summed E-state index contributed by atoms with van der Waals surface area (Å²) in [6.45, 7) is 20.6. The summed E-state index contributed by atoms with van der Waals surface area (Å²) in [5.74, 6) is 1.07. The summed E-state index contributed by atoms with van der Waals surface area (Å²) in [6.07, 6.45) is 6.12. The molecule has 2 radical (unpaired) electrons. The molecule has 0 aromatic heterocycles. The quantitative estimate of drug-likeness (QED) is 0.0854. The predicted octanol–water partition coefficient (Wildman–Crippen LogP) is 16.7. The molecule has 0 bridgehead atoms. The minimum atomic E-state index is -0.0382. The SMILES string of the molecule is [B]CC(C)(CC)c1ccc(N(c2ccc(-c3ccc(N(c4ccc(C(C)CC)cc4)c4ccc(C(C)(CC)CC)cc4)cc3)cc2)c2ccc(C(C)CC)cc2)cc1. The Bertz CT molecular complexity index is 2000. The highest BCUT2D eigenvalue weighted by molar-refractivity contribution is 6.09. The Hall–Kier alpha value is -5.02. The van der Waals surface area contributed by atoms with Crippen LogP contribution in [0.15, 0.2) is 146 Å². The summed E-state index contributed by atoms with van der Waals surface area (Å²) in [5.41, 5.74) is 14.8. The number of anilines is 6. The first kappa shape index (κ1) is 42.6. The van der Waals surface area contributed by atoms with E-state index in [0.29, 0.717) is 18.2 Å². The molecule has 0 saturated carbocycles. The smallest absolute Gasteiger partial charge is 0.0664 e. The first-order valence-corrected chi connectivity index (χ1v) is 21.9. The van der Waals surface area contributed by atoms with Crippen molar-refractivity contribution in [3.63, 3.8) is 0 Å². The monoisotopic (exact) mass is 765 g/mol. The van der Waals surface area contributed by atoms with E-state index in [1.54, 1.807) is 0 Å². The maximum absolute atomic E-state index is 6.25. The van der Waals surface area contributed by atoms with Crippen LogP contribution < -0.4 is 9.80 Å². The molecule has 0 saturated heterocycles. The molecule has 0 N–H and O–H groups in total. The van der Waals surface area contributed by atoms with Gasteiger partial charge in [-0.05, 0) is 161 Å². The van der Waals surface area contributed by atoms with Crippen molar-refractivity contribution in [3.8, 4) is 11.1 Å². The summed E-state index contributed by atoms with van der Waals surface area (Å²) in [7, 11) is 6.25. The molecule has 6 rings (SSSR count). The van der Waals surface area contributed by atoms with Gasteiger partial charge < -0.3 is 9.80 Å². The predicted molar refractivity (Wildman–Crippen MR) is 255 cm³/mol. The van der Waals surface area contributed by atoms with Crippen LogP contribution >= 0.6 is 0 Å². The second-order valence-electron chi connectivity index (χ2n) is 17.0. The van der Waals surface area contributed by atoms with Gasteiger partial charge in [-0.1, -0.05) is 141 Å². The largest absolute Gasteiger partial charge is 0.311 e. The third-order valence-electron chi connectivity index (χ3n) is 13.7. The number of rotatable bonds is 17. The maximum atomic E-state index is 6.25. The van der Waals surface area contributed by atoms with Gasteiger partial charge >= 0.3 is 0 Å². The molecule has 6 aromatic carbocycles. The van der Waals surface area contributed by atoms with Crippen LogP contribution in [0.2, 0.25) is 6.32 Å². The normalized spacial score (nSPS) is 13.7. The van der Waals surface area contributed by atoms with Crippen LogP contribution in [0.3, 0.4) is 0 Å². The topological polar surface area (TPSA) is 6.48 Å². The Kier molecular flexibility index (Phi) is 13.7. The standard InChI is InChI=1S/C55H65BN2/c1-10-40(6)42-15-27-48(28-16-42)57(52-35-23-46(24-36-52)54(8,12-3)13-4)50-31-19-44(20-32-50)45-21-33-51(34-22-45)58(49-29-17-43(18-30-49)41(7)11-2)53-37-25-47(26-38-53)55(9,14-5)39-56/h15-38,40-41H,10-14,39H2,1-9H3. The average molecular weight is 765 g/mol. The second-order valence-corrected chi connectivity index (χ2v) is 17.0. The summed E-state index contributed by atoms with van der Waals surface area (Å²) in [6, 6.07) is 54.6. The highest BCUT2D eigenvalue weighted by Gasteiger charge is 2.24. The van der Waals surface area contributed by atoms with Gasteiger partial charge in [0.1, 0.15) is 0 Å². The summed E-state index contributed by atoms with van der Waals surface area (Å²) >= 11 is 0. The molecule has 58 heavy (non-hydrogen) atoms. The molecule has 0 heterocycles. The highest BCUT2D eigenvalue weighted by atomic mass is 15.1. The van der Waals surface area contributed by atoms with Crippen molar-refractivity contribution in [1.82, 2.24) is 0 Å². The molecule has 2 nitrogen and oxygen atoms in total. The number of benzene rings is 6. The van der Waals surface area contributed by atoms with E-state index < -0.39 is 0 Å². The zero-order valence-electron chi connectivity index (χ0n) is 36.7. The highest BCUT2D eigenvalue weighted by Crippen LogP contribution is 2.41. The number of nitrogens with zero attached hydrogens (tertiary/aromatic N) is 2. The molecule has 0 fully saturated rings. The van der Waals surface area contributed by atoms with E-state index >= 15 is 0 Å². The van der Waals surface area contributed by atoms with Gasteiger partial charge in [-0.25, -0.2) is 0 Å². The minimum absolute atomic E-state index is 0.0382. The Morgan fingerprint density at radius 2 is 0.655 bits per heavy atom. The van der Waals surface area contributed by atoms with Gasteiger partial charge in [0.15, 0.2) is 0 Å². The van der Waals surface area contributed by atoms with E-state index in [4.69, 9.17) is 7.85 Å². The number of hydrogen-bond acceptors (Lipinski definition) is 2. The molecule has 0 aliphatic heterocycles. The molecule has 0 aliphatic carbocycles. The van der Waals surface area contributed by atoms with Crippen LogP contribution in [0.5, 0.6) is 0 Å². The van der Waals surface area contributed by atoms with E-state index in [1.165, 1.54) is 44.8 Å². The van der Waals surface area contributed by atoms with E-state index in [9.17, 15) is 0 Å². The number of hydrogen-bond donors (Lipinski definition) is 0. The molecule has 3 heteroatoms. The lowest BCUT2D eigenvalue weighted by molar-refractivity contribution is 0.439. The molecule has 0 aliphatic rings. The Labute approximate surface area is 352 Å². The van der Waals surface area contributed by atoms with Crippen LogP contribution in [0.25, 0.3) is 11.1 Å².